The van der Waals surface area contributed by atoms with Crippen LogP contribution in [0.15, 0.2) is 66.0 Å². The average molecular weight is 511 g/mol. The van der Waals surface area contributed by atoms with Gasteiger partial charge in [-0.15, -0.1) is 11.3 Å². The Bertz CT molecular complexity index is 1080. The number of hydrogen-bond donors (Lipinski definition) is 2. The van der Waals surface area contributed by atoms with Crippen LogP contribution in [0.5, 0.6) is 11.5 Å². The summed E-state index contributed by atoms with van der Waals surface area (Å²) in [6.07, 6.45) is -5.08. The van der Waals surface area contributed by atoms with Gasteiger partial charge in [0.25, 0.3) is 5.91 Å². The maximum atomic E-state index is 13.0. The smallest absolute Gasteiger partial charge is 0.490 e. The Labute approximate surface area is 204 Å². The van der Waals surface area contributed by atoms with Crippen LogP contribution in [-0.2, 0) is 17.9 Å². The molecule has 0 spiro atoms. The number of benzene rings is 2. The standard InChI is InChI=1S/C22H24N2O3S.C2HF3O2/c1-26-21-14-18(9-10-20(21)27-16-17-6-3-2-4-7-17)22(25)24(12-11-23)15-19-8-5-13-28-19;3-2(4,5)1(6)7/h2-10,13-14H,11-12,15-16,23H2,1H3;(H,6,7). The molecule has 35 heavy (non-hydrogen) atoms. The van der Waals surface area contributed by atoms with Crippen LogP contribution in [0.4, 0.5) is 13.2 Å². The lowest BCUT2D eigenvalue weighted by Crippen LogP contribution is -2.34. The van der Waals surface area contributed by atoms with Crippen molar-refractivity contribution < 1.29 is 37.3 Å². The summed E-state index contributed by atoms with van der Waals surface area (Å²) in [6, 6.07) is 19.2. The summed E-state index contributed by atoms with van der Waals surface area (Å²) < 4.78 is 43.1. The molecule has 7 nitrogen and oxygen atoms in total. The Morgan fingerprint density at radius 2 is 1.74 bits per heavy atom. The van der Waals surface area contributed by atoms with Gasteiger partial charge in [-0.3, -0.25) is 4.79 Å². The van der Waals surface area contributed by atoms with Gasteiger partial charge in [-0.1, -0.05) is 36.4 Å². The van der Waals surface area contributed by atoms with Gasteiger partial charge >= 0.3 is 12.1 Å². The maximum absolute atomic E-state index is 13.0. The molecule has 0 aliphatic rings. The number of nitrogens with zero attached hydrogens (tertiary/aromatic N) is 1. The third kappa shape index (κ3) is 8.95. The van der Waals surface area contributed by atoms with Crippen LogP contribution in [0.25, 0.3) is 0 Å². The van der Waals surface area contributed by atoms with Gasteiger partial charge in [0.1, 0.15) is 6.61 Å². The molecule has 0 bridgehead atoms. The van der Waals surface area contributed by atoms with Gasteiger partial charge in [-0.25, -0.2) is 4.79 Å². The second-order valence-corrected chi connectivity index (χ2v) is 8.07. The Morgan fingerprint density at radius 3 is 2.29 bits per heavy atom. The molecule has 11 heteroatoms. The SMILES string of the molecule is COc1cc(C(=O)N(CCN)Cc2cccs2)ccc1OCc1ccccc1.O=C(O)C(F)(F)F. The number of thiophene rings is 1. The zero-order valence-electron chi connectivity index (χ0n) is 18.8. The van der Waals surface area contributed by atoms with Crippen LogP contribution in [0.1, 0.15) is 20.8 Å². The number of carboxylic acid groups (broad SMARTS) is 1. The molecule has 3 aromatic rings. The van der Waals surface area contributed by atoms with Crippen LogP contribution in [-0.4, -0.2) is 48.3 Å². The summed E-state index contributed by atoms with van der Waals surface area (Å²) in [4.78, 5) is 24.8. The maximum Gasteiger partial charge on any atom is 0.490 e. The van der Waals surface area contributed by atoms with Crippen LogP contribution >= 0.6 is 11.3 Å². The third-order valence-corrected chi connectivity index (χ3v) is 5.36. The summed E-state index contributed by atoms with van der Waals surface area (Å²) in [5, 5.41) is 9.13. The number of aliphatic carboxylic acids is 1. The van der Waals surface area contributed by atoms with Crippen LogP contribution in [0.3, 0.4) is 0 Å². The second kappa shape index (κ2) is 13.4. The molecule has 1 amide bonds. The van der Waals surface area contributed by atoms with Gasteiger partial charge in [0, 0.05) is 23.5 Å². The van der Waals surface area contributed by atoms with Crippen molar-refractivity contribution in [3.8, 4) is 11.5 Å². The number of carbonyl (C=O) groups is 2. The predicted octanol–water partition coefficient (Wildman–Crippen LogP) is 4.57. The Hall–Kier alpha value is -3.57. The largest absolute Gasteiger partial charge is 0.493 e. The van der Waals surface area contributed by atoms with E-state index in [-0.39, 0.29) is 5.91 Å². The van der Waals surface area contributed by atoms with Crippen molar-refractivity contribution in [2.45, 2.75) is 19.3 Å². The number of alkyl halides is 3. The first-order chi connectivity index (χ1) is 16.7. The molecule has 3 N–H and O–H groups in total. The first-order valence-corrected chi connectivity index (χ1v) is 11.2. The van der Waals surface area contributed by atoms with E-state index in [2.05, 4.69) is 0 Å². The van der Waals surface area contributed by atoms with E-state index in [1.807, 2.05) is 47.8 Å². The molecule has 0 aliphatic heterocycles. The van der Waals surface area contributed by atoms with E-state index in [9.17, 15) is 18.0 Å². The first-order valence-electron chi connectivity index (χ1n) is 10.3. The highest BCUT2D eigenvalue weighted by Gasteiger charge is 2.38. The van der Waals surface area contributed by atoms with Gasteiger partial charge in [0.15, 0.2) is 11.5 Å². The van der Waals surface area contributed by atoms with Gasteiger partial charge in [0.2, 0.25) is 0 Å². The molecule has 0 radical (unpaired) electrons. The van der Waals surface area contributed by atoms with Gasteiger partial charge in [0.05, 0.1) is 13.7 Å². The fourth-order valence-corrected chi connectivity index (χ4v) is 3.56. The van der Waals surface area contributed by atoms with Crippen molar-refractivity contribution in [2.75, 3.05) is 20.2 Å². The van der Waals surface area contributed by atoms with Crippen LogP contribution in [0, 0.1) is 0 Å². The number of carbonyl (C=O) groups excluding carboxylic acids is 1. The first kappa shape index (κ1) is 27.7. The minimum Gasteiger partial charge on any atom is -0.493 e. The molecular weight excluding hydrogens is 485 g/mol. The fraction of sp³-hybridized carbons (Fsp3) is 0.250. The third-order valence-electron chi connectivity index (χ3n) is 4.50. The van der Waals surface area contributed by atoms with Gasteiger partial charge < -0.3 is 25.2 Å². The molecule has 0 aliphatic carbocycles. The molecule has 2 aromatic carbocycles. The predicted molar refractivity (Wildman–Crippen MR) is 126 cm³/mol. The fourth-order valence-electron chi connectivity index (χ4n) is 2.84. The van der Waals surface area contributed by atoms with Gasteiger partial charge in [-0.2, -0.15) is 13.2 Å². The van der Waals surface area contributed by atoms with Crippen LogP contribution < -0.4 is 15.2 Å². The topological polar surface area (TPSA) is 102 Å². The van der Waals surface area contributed by atoms with Crippen molar-refractivity contribution in [3.05, 3.63) is 82.0 Å². The van der Waals surface area contributed by atoms with E-state index in [1.54, 1.807) is 41.5 Å². The van der Waals surface area contributed by atoms with E-state index in [0.717, 1.165) is 10.4 Å². The van der Waals surface area contributed by atoms with E-state index >= 15 is 0 Å². The lowest BCUT2D eigenvalue weighted by Gasteiger charge is -2.22. The molecule has 1 heterocycles. The molecular formula is C24H25F3N2O5S. The summed E-state index contributed by atoms with van der Waals surface area (Å²) >= 11 is 1.62. The highest BCUT2D eigenvalue weighted by molar-refractivity contribution is 7.09. The second-order valence-electron chi connectivity index (χ2n) is 7.04. The lowest BCUT2D eigenvalue weighted by molar-refractivity contribution is -0.192. The zero-order chi connectivity index (χ0) is 25.8. The van der Waals surface area contributed by atoms with Crippen molar-refractivity contribution >= 4 is 23.2 Å². The Kier molecular flexibility index (Phi) is 10.6. The van der Waals surface area contributed by atoms with Crippen molar-refractivity contribution in [1.82, 2.24) is 4.90 Å². The number of methoxy groups -OCH3 is 1. The number of halogens is 3. The molecule has 1 aromatic heterocycles. The summed E-state index contributed by atoms with van der Waals surface area (Å²) in [5.74, 6) is -1.70. The van der Waals surface area contributed by atoms with Crippen molar-refractivity contribution in [3.63, 3.8) is 0 Å². The number of amides is 1. The van der Waals surface area contributed by atoms with E-state index in [1.165, 1.54) is 0 Å². The molecule has 0 atom stereocenters. The highest BCUT2D eigenvalue weighted by Crippen LogP contribution is 2.29. The summed E-state index contributed by atoms with van der Waals surface area (Å²) in [6.45, 7) is 1.88. The monoisotopic (exact) mass is 510 g/mol. The molecule has 0 unspecified atom stereocenters. The summed E-state index contributed by atoms with van der Waals surface area (Å²) in [7, 11) is 1.57. The van der Waals surface area contributed by atoms with Gasteiger partial charge in [-0.05, 0) is 35.2 Å². The minimum absolute atomic E-state index is 0.0771. The van der Waals surface area contributed by atoms with E-state index in [4.69, 9.17) is 25.1 Å². The molecule has 188 valence electrons. The average Bonchev–Trinajstić information content (AvgIpc) is 3.35. The van der Waals surface area contributed by atoms with E-state index in [0.29, 0.717) is 43.3 Å². The molecule has 0 saturated heterocycles. The summed E-state index contributed by atoms with van der Waals surface area (Å²) in [5.41, 5.74) is 7.33. The number of nitrogens with two attached hydrogens (primary N) is 1. The zero-order valence-corrected chi connectivity index (χ0v) is 19.6. The van der Waals surface area contributed by atoms with Crippen molar-refractivity contribution in [1.29, 1.82) is 0 Å². The molecule has 0 fully saturated rings. The Balaban J connectivity index is 0.000000540. The number of carboxylic acids is 1. The quantitative estimate of drug-likeness (QED) is 0.437. The van der Waals surface area contributed by atoms with Crippen LogP contribution in [0.2, 0.25) is 0 Å². The van der Waals surface area contributed by atoms with E-state index < -0.39 is 12.1 Å². The molecule has 0 saturated carbocycles. The Morgan fingerprint density at radius 1 is 1.06 bits per heavy atom. The minimum atomic E-state index is -5.08. The van der Waals surface area contributed by atoms with Crippen molar-refractivity contribution in [2.24, 2.45) is 5.73 Å². The number of rotatable bonds is 9. The number of hydrogen-bond acceptors (Lipinski definition) is 6. The normalized spacial score (nSPS) is 10.7. The number of ether oxygens (including phenoxy) is 2. The molecule has 3 rings (SSSR count). The highest BCUT2D eigenvalue weighted by atomic mass is 32.1. The lowest BCUT2D eigenvalue weighted by atomic mass is 10.1.